The van der Waals surface area contributed by atoms with Gasteiger partial charge in [0.15, 0.2) is 0 Å². The van der Waals surface area contributed by atoms with Gasteiger partial charge >= 0.3 is 0 Å². The molecule has 110 valence electrons. The lowest BCUT2D eigenvalue weighted by Gasteiger charge is -2.44. The topological polar surface area (TPSA) is 6.48 Å². The molecule has 19 heavy (non-hydrogen) atoms. The van der Waals surface area contributed by atoms with Crippen molar-refractivity contribution < 1.29 is 0 Å². The van der Waals surface area contributed by atoms with Crippen LogP contribution in [-0.2, 0) is 0 Å². The van der Waals surface area contributed by atoms with Gasteiger partial charge in [0.2, 0.25) is 0 Å². The molecular weight excluding hydrogens is 232 g/mol. The van der Waals surface area contributed by atoms with E-state index in [9.17, 15) is 0 Å². The summed E-state index contributed by atoms with van der Waals surface area (Å²) in [6.07, 6.45) is 8.75. The number of hydrogen-bond donors (Lipinski definition) is 0. The fourth-order valence-electron chi connectivity index (χ4n) is 4.21. The van der Waals surface area contributed by atoms with E-state index in [2.05, 4.69) is 30.6 Å². The van der Waals surface area contributed by atoms with Crippen molar-refractivity contribution in [3.8, 4) is 0 Å². The lowest BCUT2D eigenvalue weighted by Crippen LogP contribution is -2.51. The van der Waals surface area contributed by atoms with E-state index < -0.39 is 0 Å². The third-order valence-corrected chi connectivity index (χ3v) is 5.85. The molecule has 0 spiro atoms. The second-order valence-electron chi connectivity index (χ2n) is 8.17. The zero-order valence-corrected chi connectivity index (χ0v) is 13.2. The Bertz CT molecular complexity index is 287. The molecule has 2 saturated carbocycles. The van der Waals surface area contributed by atoms with Crippen molar-refractivity contribution in [1.82, 2.24) is 9.80 Å². The highest BCUT2D eigenvalue weighted by Crippen LogP contribution is 2.39. The molecule has 0 aromatic carbocycles. The first-order chi connectivity index (χ1) is 9.04. The minimum atomic E-state index is 0.523. The Morgan fingerprint density at radius 3 is 1.32 bits per heavy atom. The highest BCUT2D eigenvalue weighted by molar-refractivity contribution is 4.90. The molecule has 0 bridgehead atoms. The summed E-state index contributed by atoms with van der Waals surface area (Å²) in [5.41, 5.74) is 0.523. The molecule has 0 N–H and O–H groups in total. The molecule has 2 nitrogen and oxygen atoms in total. The van der Waals surface area contributed by atoms with E-state index in [0.717, 1.165) is 18.0 Å². The third-order valence-electron chi connectivity index (χ3n) is 5.85. The SMILES string of the molecule is CC(C)(C)C1CCC(N2CCN(C3CC3)CC2)CC1. The number of nitrogens with zero attached hydrogens (tertiary/aromatic N) is 2. The van der Waals surface area contributed by atoms with Crippen LogP contribution in [0.4, 0.5) is 0 Å². The summed E-state index contributed by atoms with van der Waals surface area (Å²) in [5, 5.41) is 0. The number of piperazine rings is 1. The average molecular weight is 264 g/mol. The first kappa shape index (κ1) is 13.9. The van der Waals surface area contributed by atoms with Crippen molar-refractivity contribution in [2.24, 2.45) is 11.3 Å². The van der Waals surface area contributed by atoms with Gasteiger partial charge in [-0.2, -0.15) is 0 Å². The van der Waals surface area contributed by atoms with Crippen LogP contribution < -0.4 is 0 Å². The molecule has 1 saturated heterocycles. The van der Waals surface area contributed by atoms with Crippen LogP contribution in [0.2, 0.25) is 0 Å². The Morgan fingerprint density at radius 2 is 1.00 bits per heavy atom. The summed E-state index contributed by atoms with van der Waals surface area (Å²) in [6, 6.07) is 1.87. The van der Waals surface area contributed by atoms with Crippen molar-refractivity contribution >= 4 is 0 Å². The maximum Gasteiger partial charge on any atom is 0.0113 e. The highest BCUT2D eigenvalue weighted by Gasteiger charge is 2.35. The molecule has 2 heteroatoms. The Labute approximate surface area is 119 Å². The predicted molar refractivity (Wildman–Crippen MR) is 81.4 cm³/mol. The minimum Gasteiger partial charge on any atom is -0.298 e. The Hall–Kier alpha value is -0.0800. The van der Waals surface area contributed by atoms with Crippen molar-refractivity contribution in [3.63, 3.8) is 0 Å². The van der Waals surface area contributed by atoms with Gasteiger partial charge in [-0.1, -0.05) is 20.8 Å². The van der Waals surface area contributed by atoms with E-state index in [1.165, 1.54) is 64.7 Å². The molecule has 0 atom stereocenters. The molecule has 0 amide bonds. The van der Waals surface area contributed by atoms with Gasteiger partial charge < -0.3 is 0 Å². The van der Waals surface area contributed by atoms with Gasteiger partial charge in [-0.3, -0.25) is 9.80 Å². The molecule has 3 aliphatic rings. The van der Waals surface area contributed by atoms with E-state index in [4.69, 9.17) is 0 Å². The Morgan fingerprint density at radius 1 is 0.632 bits per heavy atom. The first-order valence-corrected chi connectivity index (χ1v) is 8.52. The molecule has 0 unspecified atom stereocenters. The number of hydrogen-bond acceptors (Lipinski definition) is 2. The highest BCUT2D eigenvalue weighted by atomic mass is 15.3. The van der Waals surface area contributed by atoms with Crippen molar-refractivity contribution in [3.05, 3.63) is 0 Å². The predicted octanol–water partition coefficient (Wildman–Crippen LogP) is 3.37. The quantitative estimate of drug-likeness (QED) is 0.754. The summed E-state index contributed by atoms with van der Waals surface area (Å²) in [6.45, 7) is 12.6. The summed E-state index contributed by atoms with van der Waals surface area (Å²) < 4.78 is 0. The maximum absolute atomic E-state index is 2.80. The fraction of sp³-hybridized carbons (Fsp3) is 1.00. The van der Waals surface area contributed by atoms with E-state index in [0.29, 0.717) is 5.41 Å². The molecule has 0 radical (unpaired) electrons. The monoisotopic (exact) mass is 264 g/mol. The largest absolute Gasteiger partial charge is 0.298 e. The van der Waals surface area contributed by atoms with Crippen LogP contribution in [0.1, 0.15) is 59.3 Å². The lowest BCUT2D eigenvalue weighted by molar-refractivity contribution is 0.0518. The van der Waals surface area contributed by atoms with Gasteiger partial charge in [0.05, 0.1) is 0 Å². The van der Waals surface area contributed by atoms with Crippen LogP contribution >= 0.6 is 0 Å². The van der Waals surface area contributed by atoms with Crippen molar-refractivity contribution in [2.45, 2.75) is 71.4 Å². The summed E-state index contributed by atoms with van der Waals surface area (Å²) in [7, 11) is 0. The standard InChI is InChI=1S/C17H32N2/c1-17(2,3)14-4-6-15(7-5-14)18-10-12-19(13-11-18)16-8-9-16/h14-16H,4-13H2,1-3H3. The van der Waals surface area contributed by atoms with E-state index >= 15 is 0 Å². The van der Waals surface area contributed by atoms with Crippen LogP contribution in [0.3, 0.4) is 0 Å². The molecule has 1 aliphatic heterocycles. The van der Waals surface area contributed by atoms with E-state index in [1.807, 2.05) is 0 Å². The van der Waals surface area contributed by atoms with Gasteiger partial charge in [-0.15, -0.1) is 0 Å². The van der Waals surface area contributed by atoms with Crippen LogP contribution in [0.5, 0.6) is 0 Å². The molecular formula is C17H32N2. The van der Waals surface area contributed by atoms with Crippen molar-refractivity contribution in [1.29, 1.82) is 0 Å². The second kappa shape index (κ2) is 5.37. The van der Waals surface area contributed by atoms with Gasteiger partial charge in [0.1, 0.15) is 0 Å². The van der Waals surface area contributed by atoms with Crippen LogP contribution in [-0.4, -0.2) is 48.1 Å². The zero-order valence-electron chi connectivity index (χ0n) is 13.2. The molecule has 0 aromatic rings. The first-order valence-electron chi connectivity index (χ1n) is 8.52. The average Bonchev–Trinajstić information content (AvgIpc) is 3.22. The fourth-order valence-corrected chi connectivity index (χ4v) is 4.21. The maximum atomic E-state index is 2.80. The zero-order chi connectivity index (χ0) is 13.5. The lowest BCUT2D eigenvalue weighted by atomic mass is 9.71. The van der Waals surface area contributed by atoms with Gasteiger partial charge in [0, 0.05) is 38.3 Å². The van der Waals surface area contributed by atoms with E-state index in [-0.39, 0.29) is 0 Å². The van der Waals surface area contributed by atoms with Crippen molar-refractivity contribution in [2.75, 3.05) is 26.2 Å². The second-order valence-corrected chi connectivity index (χ2v) is 8.17. The molecule has 2 aliphatic carbocycles. The summed E-state index contributed by atoms with van der Waals surface area (Å²) in [5.74, 6) is 0.955. The van der Waals surface area contributed by atoms with Gasteiger partial charge in [-0.05, 0) is 49.9 Å². The van der Waals surface area contributed by atoms with Crippen LogP contribution in [0.15, 0.2) is 0 Å². The molecule has 3 rings (SSSR count). The Balaban J connectivity index is 1.44. The van der Waals surface area contributed by atoms with Crippen LogP contribution in [0.25, 0.3) is 0 Å². The summed E-state index contributed by atoms with van der Waals surface area (Å²) >= 11 is 0. The normalized spacial score (nSPS) is 35.5. The van der Waals surface area contributed by atoms with E-state index in [1.54, 1.807) is 0 Å². The summed E-state index contributed by atoms with van der Waals surface area (Å²) in [4.78, 5) is 5.54. The minimum absolute atomic E-state index is 0.523. The smallest absolute Gasteiger partial charge is 0.0113 e. The third kappa shape index (κ3) is 3.33. The molecule has 3 fully saturated rings. The Kier molecular flexibility index (Phi) is 3.92. The molecule has 0 aromatic heterocycles. The van der Waals surface area contributed by atoms with Crippen LogP contribution in [0, 0.1) is 11.3 Å². The number of rotatable bonds is 2. The van der Waals surface area contributed by atoms with Gasteiger partial charge in [0.25, 0.3) is 0 Å². The van der Waals surface area contributed by atoms with Gasteiger partial charge in [-0.25, -0.2) is 0 Å². The molecule has 1 heterocycles.